The number of likely N-dealkylation sites (N-methyl/N-ethyl adjacent to an activating group) is 1. The predicted octanol–water partition coefficient (Wildman–Crippen LogP) is 2.22. The number of hydrogen-bond acceptors (Lipinski definition) is 5. The van der Waals surface area contributed by atoms with Gasteiger partial charge in [0.1, 0.15) is 18.1 Å². The maximum atomic E-state index is 12.1. The molecule has 0 bridgehead atoms. The summed E-state index contributed by atoms with van der Waals surface area (Å²) in [5.41, 5.74) is 1.10. The van der Waals surface area contributed by atoms with Crippen molar-refractivity contribution in [3.63, 3.8) is 0 Å². The Bertz CT molecular complexity index is 783. The monoisotopic (exact) mass is 358 g/mol. The summed E-state index contributed by atoms with van der Waals surface area (Å²) in [6, 6.07) is 10.5. The molecule has 1 saturated heterocycles. The SMILES string of the molecule is C[C@@H]1C(=O)N(C)CCN1Cc1ccc(OCc2ccc(C(=O)O)o2)cc1. The van der Waals surface area contributed by atoms with Crippen LogP contribution < -0.4 is 4.74 Å². The molecule has 0 aliphatic carbocycles. The highest BCUT2D eigenvalue weighted by molar-refractivity contribution is 5.84. The number of nitrogens with zero attached hydrogens (tertiary/aromatic N) is 2. The molecule has 0 spiro atoms. The summed E-state index contributed by atoms with van der Waals surface area (Å²) in [5, 5.41) is 8.84. The standard InChI is InChI=1S/C19H22N2O5/c1-13-18(22)20(2)9-10-21(13)11-14-3-5-15(6-4-14)25-12-16-7-8-17(26-16)19(23)24/h3-8,13H,9-12H2,1-2H3,(H,23,24)/t13-/m1/s1. The van der Waals surface area contributed by atoms with E-state index in [4.69, 9.17) is 14.3 Å². The minimum Gasteiger partial charge on any atom is -0.486 e. The van der Waals surface area contributed by atoms with Crippen LogP contribution in [0.5, 0.6) is 5.75 Å². The third kappa shape index (κ3) is 4.05. The first kappa shape index (κ1) is 18.0. The van der Waals surface area contributed by atoms with E-state index in [-0.39, 0.29) is 24.3 Å². The number of rotatable bonds is 6. The van der Waals surface area contributed by atoms with Crippen molar-refractivity contribution in [3.8, 4) is 5.75 Å². The summed E-state index contributed by atoms with van der Waals surface area (Å²) >= 11 is 0. The van der Waals surface area contributed by atoms with Crippen LogP contribution in [0.1, 0.15) is 28.8 Å². The lowest BCUT2D eigenvalue weighted by Gasteiger charge is -2.37. The molecule has 2 aromatic rings. The minimum absolute atomic E-state index is 0.102. The molecule has 1 aromatic carbocycles. The van der Waals surface area contributed by atoms with Crippen LogP contribution >= 0.6 is 0 Å². The van der Waals surface area contributed by atoms with Crippen LogP contribution in [0.2, 0.25) is 0 Å². The van der Waals surface area contributed by atoms with Crippen molar-refractivity contribution in [2.45, 2.75) is 26.1 Å². The fourth-order valence-corrected chi connectivity index (χ4v) is 2.92. The van der Waals surface area contributed by atoms with E-state index in [0.717, 1.165) is 18.7 Å². The van der Waals surface area contributed by atoms with Gasteiger partial charge in [0.25, 0.3) is 0 Å². The second kappa shape index (κ2) is 7.61. The van der Waals surface area contributed by atoms with Gasteiger partial charge < -0.3 is 19.2 Å². The Morgan fingerprint density at radius 1 is 1.23 bits per heavy atom. The highest BCUT2D eigenvalue weighted by atomic mass is 16.5. The number of furan rings is 1. The quantitative estimate of drug-likeness (QED) is 0.852. The van der Waals surface area contributed by atoms with Gasteiger partial charge in [-0.25, -0.2) is 4.79 Å². The van der Waals surface area contributed by atoms with E-state index in [1.807, 2.05) is 38.2 Å². The third-order valence-corrected chi connectivity index (χ3v) is 4.57. The summed E-state index contributed by atoms with van der Waals surface area (Å²) in [7, 11) is 1.83. The summed E-state index contributed by atoms with van der Waals surface area (Å²) in [4.78, 5) is 26.8. The molecule has 1 atom stereocenters. The van der Waals surface area contributed by atoms with E-state index in [2.05, 4.69) is 4.90 Å². The molecule has 2 heterocycles. The van der Waals surface area contributed by atoms with Crippen molar-refractivity contribution in [3.05, 3.63) is 53.5 Å². The molecule has 1 amide bonds. The van der Waals surface area contributed by atoms with E-state index in [0.29, 0.717) is 18.1 Å². The van der Waals surface area contributed by atoms with Gasteiger partial charge in [0.05, 0.1) is 6.04 Å². The van der Waals surface area contributed by atoms with Crippen LogP contribution in [0.3, 0.4) is 0 Å². The van der Waals surface area contributed by atoms with E-state index < -0.39 is 5.97 Å². The van der Waals surface area contributed by atoms with Crippen LogP contribution in [-0.2, 0) is 17.9 Å². The lowest BCUT2D eigenvalue weighted by Crippen LogP contribution is -2.53. The Morgan fingerprint density at radius 3 is 2.62 bits per heavy atom. The van der Waals surface area contributed by atoms with Crippen molar-refractivity contribution in [2.24, 2.45) is 0 Å². The van der Waals surface area contributed by atoms with E-state index in [1.165, 1.54) is 6.07 Å². The minimum atomic E-state index is -1.10. The van der Waals surface area contributed by atoms with Gasteiger partial charge >= 0.3 is 5.97 Å². The summed E-state index contributed by atoms with van der Waals surface area (Å²) < 4.78 is 10.8. The first-order valence-electron chi connectivity index (χ1n) is 8.47. The number of benzene rings is 1. The van der Waals surface area contributed by atoms with E-state index in [1.54, 1.807) is 11.0 Å². The first-order chi connectivity index (χ1) is 12.4. The Balaban J connectivity index is 1.54. The number of hydrogen-bond donors (Lipinski definition) is 1. The smallest absolute Gasteiger partial charge is 0.371 e. The molecule has 0 saturated carbocycles. The number of carbonyl (C=O) groups excluding carboxylic acids is 1. The zero-order chi connectivity index (χ0) is 18.7. The largest absolute Gasteiger partial charge is 0.486 e. The van der Waals surface area contributed by atoms with Gasteiger partial charge in [-0.2, -0.15) is 0 Å². The number of carbonyl (C=O) groups is 2. The lowest BCUT2D eigenvalue weighted by atomic mass is 10.1. The zero-order valence-electron chi connectivity index (χ0n) is 14.8. The van der Waals surface area contributed by atoms with E-state index in [9.17, 15) is 9.59 Å². The molecular formula is C19H22N2O5. The summed E-state index contributed by atoms with van der Waals surface area (Å²) in [6.07, 6.45) is 0. The molecule has 1 aliphatic heterocycles. The maximum absolute atomic E-state index is 12.1. The molecule has 0 unspecified atom stereocenters. The lowest BCUT2D eigenvalue weighted by molar-refractivity contribution is -0.139. The van der Waals surface area contributed by atoms with Gasteiger partial charge in [-0.3, -0.25) is 9.69 Å². The number of ether oxygens (including phenoxy) is 1. The van der Waals surface area contributed by atoms with Crippen LogP contribution in [0.15, 0.2) is 40.8 Å². The molecule has 1 fully saturated rings. The van der Waals surface area contributed by atoms with Crippen molar-refractivity contribution < 1.29 is 23.8 Å². The van der Waals surface area contributed by atoms with E-state index >= 15 is 0 Å². The zero-order valence-corrected chi connectivity index (χ0v) is 14.8. The number of carboxylic acids is 1. The van der Waals surface area contributed by atoms with Gasteiger partial charge in [0.15, 0.2) is 0 Å². The van der Waals surface area contributed by atoms with Crippen molar-refractivity contribution in [1.82, 2.24) is 9.80 Å². The molecule has 26 heavy (non-hydrogen) atoms. The highest BCUT2D eigenvalue weighted by Gasteiger charge is 2.28. The van der Waals surface area contributed by atoms with Gasteiger partial charge in [0, 0.05) is 26.7 Å². The molecule has 1 aliphatic rings. The Labute approximate surface area is 151 Å². The second-order valence-corrected chi connectivity index (χ2v) is 6.41. The molecule has 3 rings (SSSR count). The number of aromatic carboxylic acids is 1. The fourth-order valence-electron chi connectivity index (χ4n) is 2.92. The molecule has 1 aromatic heterocycles. The number of piperazine rings is 1. The van der Waals surface area contributed by atoms with Crippen molar-refractivity contribution in [2.75, 3.05) is 20.1 Å². The average Bonchev–Trinajstić information content (AvgIpc) is 3.11. The van der Waals surface area contributed by atoms with Crippen LogP contribution in [0.25, 0.3) is 0 Å². The summed E-state index contributed by atoms with van der Waals surface area (Å²) in [6.45, 7) is 4.40. The molecule has 0 radical (unpaired) electrons. The third-order valence-electron chi connectivity index (χ3n) is 4.57. The highest BCUT2D eigenvalue weighted by Crippen LogP contribution is 2.19. The molecular weight excluding hydrogens is 336 g/mol. The molecule has 1 N–H and O–H groups in total. The normalized spacial score (nSPS) is 18.2. The van der Waals surface area contributed by atoms with Gasteiger partial charge in [-0.05, 0) is 36.8 Å². The first-order valence-corrected chi connectivity index (χ1v) is 8.47. The van der Waals surface area contributed by atoms with Gasteiger partial charge in [-0.15, -0.1) is 0 Å². The van der Waals surface area contributed by atoms with Crippen molar-refractivity contribution in [1.29, 1.82) is 0 Å². The van der Waals surface area contributed by atoms with Crippen LogP contribution in [0, 0.1) is 0 Å². The van der Waals surface area contributed by atoms with Gasteiger partial charge in [-0.1, -0.05) is 12.1 Å². The maximum Gasteiger partial charge on any atom is 0.371 e. The molecule has 138 valence electrons. The molecule has 7 nitrogen and oxygen atoms in total. The Morgan fingerprint density at radius 2 is 1.96 bits per heavy atom. The molecule has 7 heteroatoms. The fraction of sp³-hybridized carbons (Fsp3) is 0.368. The van der Waals surface area contributed by atoms with Crippen LogP contribution in [0.4, 0.5) is 0 Å². The Kier molecular flexibility index (Phi) is 5.27. The second-order valence-electron chi connectivity index (χ2n) is 6.41. The van der Waals surface area contributed by atoms with Crippen LogP contribution in [-0.4, -0.2) is 53.0 Å². The summed E-state index contributed by atoms with van der Waals surface area (Å²) in [5.74, 6) is 0.0724. The number of carboxylic acid groups (broad SMARTS) is 1. The van der Waals surface area contributed by atoms with Crippen molar-refractivity contribution >= 4 is 11.9 Å². The topological polar surface area (TPSA) is 83.2 Å². The Hall–Kier alpha value is -2.80. The van der Waals surface area contributed by atoms with Gasteiger partial charge in [0.2, 0.25) is 11.7 Å². The number of amides is 1. The average molecular weight is 358 g/mol. The predicted molar refractivity (Wildman–Crippen MR) is 94.0 cm³/mol.